The molecule has 0 aliphatic carbocycles. The molecule has 0 atom stereocenters. The molecule has 0 aliphatic rings. The van der Waals surface area contributed by atoms with Gasteiger partial charge >= 0.3 is 0 Å². The molecule has 2 rings (SSSR count). The lowest BCUT2D eigenvalue weighted by Crippen LogP contribution is -2.15. The Kier molecular flexibility index (Phi) is 2.55. The van der Waals surface area contributed by atoms with Gasteiger partial charge in [-0.05, 0) is 28.1 Å². The Balaban J connectivity index is 2.72. The molecule has 0 fully saturated rings. The van der Waals surface area contributed by atoms with E-state index in [1.807, 2.05) is 30.3 Å². The van der Waals surface area contributed by atoms with Crippen molar-refractivity contribution < 1.29 is 5.21 Å². The second kappa shape index (κ2) is 3.86. The summed E-state index contributed by atoms with van der Waals surface area (Å²) in [7, 11) is 0. The molecule has 1 aromatic heterocycles. The Bertz CT molecular complexity index is 539. The van der Waals surface area contributed by atoms with Crippen molar-refractivity contribution in [2.75, 3.05) is 0 Å². The Morgan fingerprint density at radius 2 is 2.13 bits per heavy atom. The summed E-state index contributed by atoms with van der Waals surface area (Å²) in [4.78, 5) is 4.28. The van der Waals surface area contributed by atoms with E-state index in [0.717, 1.165) is 10.9 Å². The zero-order valence-corrected chi connectivity index (χ0v) is 9.27. The van der Waals surface area contributed by atoms with Gasteiger partial charge < -0.3 is 10.9 Å². The zero-order chi connectivity index (χ0) is 10.8. The number of aromatic nitrogens is 1. The minimum atomic E-state index is -0.00683. The SMILES string of the molecule is N/C(=N/O)c1nc2ccccc2cc1Br. The van der Waals surface area contributed by atoms with Gasteiger partial charge in [0.15, 0.2) is 5.84 Å². The van der Waals surface area contributed by atoms with Crippen LogP contribution in [0, 0.1) is 0 Å². The van der Waals surface area contributed by atoms with E-state index in [9.17, 15) is 0 Å². The maximum atomic E-state index is 8.59. The topological polar surface area (TPSA) is 71.5 Å². The molecule has 0 radical (unpaired) electrons. The van der Waals surface area contributed by atoms with Crippen LogP contribution < -0.4 is 5.73 Å². The number of rotatable bonds is 1. The highest BCUT2D eigenvalue weighted by molar-refractivity contribution is 9.10. The third-order valence-electron chi connectivity index (χ3n) is 2.03. The van der Waals surface area contributed by atoms with Crippen LogP contribution in [0.15, 0.2) is 40.0 Å². The average Bonchev–Trinajstić information content (AvgIpc) is 2.27. The summed E-state index contributed by atoms with van der Waals surface area (Å²) in [6, 6.07) is 9.52. The Hall–Kier alpha value is -1.62. The van der Waals surface area contributed by atoms with Crippen LogP contribution >= 0.6 is 15.9 Å². The number of nitrogens with zero attached hydrogens (tertiary/aromatic N) is 2. The minimum absolute atomic E-state index is 0.00683. The van der Waals surface area contributed by atoms with Crippen LogP contribution in [0.25, 0.3) is 10.9 Å². The summed E-state index contributed by atoms with van der Waals surface area (Å²) in [6.07, 6.45) is 0. The molecular weight excluding hydrogens is 258 g/mol. The summed E-state index contributed by atoms with van der Waals surface area (Å²) in [5, 5.41) is 12.5. The molecule has 0 amide bonds. The van der Waals surface area contributed by atoms with Gasteiger partial charge in [-0.3, -0.25) is 0 Å². The standard InChI is InChI=1S/C10H8BrN3O/c11-7-5-6-3-1-2-4-8(6)13-9(7)10(12)14-15/h1-5,15H,(H2,12,14). The van der Waals surface area contributed by atoms with E-state index in [1.54, 1.807) is 0 Å². The van der Waals surface area contributed by atoms with Crippen LogP contribution in [0.1, 0.15) is 5.69 Å². The van der Waals surface area contributed by atoms with Crippen LogP contribution in [-0.2, 0) is 0 Å². The highest BCUT2D eigenvalue weighted by atomic mass is 79.9. The quantitative estimate of drug-likeness (QED) is 0.359. The molecule has 15 heavy (non-hydrogen) atoms. The molecule has 1 heterocycles. The van der Waals surface area contributed by atoms with Crippen molar-refractivity contribution in [3.05, 3.63) is 40.5 Å². The van der Waals surface area contributed by atoms with E-state index < -0.39 is 0 Å². The third-order valence-corrected chi connectivity index (χ3v) is 2.63. The number of hydrogen-bond donors (Lipinski definition) is 2. The van der Waals surface area contributed by atoms with Crippen molar-refractivity contribution in [2.24, 2.45) is 10.9 Å². The fraction of sp³-hybridized carbons (Fsp3) is 0. The molecule has 76 valence electrons. The molecule has 0 spiro atoms. The molecule has 4 nitrogen and oxygen atoms in total. The number of pyridine rings is 1. The van der Waals surface area contributed by atoms with E-state index in [0.29, 0.717) is 10.2 Å². The van der Waals surface area contributed by atoms with Gasteiger partial charge in [0.05, 0.1) is 5.52 Å². The van der Waals surface area contributed by atoms with Gasteiger partial charge in [0.2, 0.25) is 0 Å². The van der Waals surface area contributed by atoms with Crippen LogP contribution in [-0.4, -0.2) is 16.0 Å². The van der Waals surface area contributed by atoms with Crippen molar-refractivity contribution in [3.8, 4) is 0 Å². The van der Waals surface area contributed by atoms with Gasteiger partial charge in [0.1, 0.15) is 5.69 Å². The first kappa shape index (κ1) is 9.92. The second-order valence-electron chi connectivity index (χ2n) is 3.00. The fourth-order valence-electron chi connectivity index (χ4n) is 1.32. The molecule has 2 aromatic rings. The maximum Gasteiger partial charge on any atom is 0.189 e. The number of oxime groups is 1. The highest BCUT2D eigenvalue weighted by Gasteiger charge is 2.08. The normalized spacial score (nSPS) is 11.9. The van der Waals surface area contributed by atoms with Crippen LogP contribution in [0.4, 0.5) is 0 Å². The monoisotopic (exact) mass is 265 g/mol. The van der Waals surface area contributed by atoms with Crippen molar-refractivity contribution in [2.45, 2.75) is 0 Å². The average molecular weight is 266 g/mol. The van der Waals surface area contributed by atoms with Crippen molar-refractivity contribution in [1.82, 2.24) is 4.98 Å². The number of fused-ring (bicyclic) bond motifs is 1. The van der Waals surface area contributed by atoms with Gasteiger partial charge in [0.25, 0.3) is 0 Å². The molecule has 0 aliphatic heterocycles. The van der Waals surface area contributed by atoms with Crippen molar-refractivity contribution >= 4 is 32.7 Å². The molecule has 1 aromatic carbocycles. The number of nitrogens with two attached hydrogens (primary N) is 1. The molecule has 5 heteroatoms. The third kappa shape index (κ3) is 1.78. The molecule has 3 N–H and O–H groups in total. The lowest BCUT2D eigenvalue weighted by Gasteiger charge is -2.03. The lowest BCUT2D eigenvalue weighted by molar-refractivity contribution is 0.318. The van der Waals surface area contributed by atoms with Gasteiger partial charge in [-0.1, -0.05) is 23.4 Å². The lowest BCUT2D eigenvalue weighted by atomic mass is 10.2. The van der Waals surface area contributed by atoms with Gasteiger partial charge in [0, 0.05) is 9.86 Å². The van der Waals surface area contributed by atoms with Crippen LogP contribution in [0.3, 0.4) is 0 Å². The number of hydrogen-bond acceptors (Lipinski definition) is 3. The predicted octanol–water partition coefficient (Wildman–Crippen LogP) is 2.09. The Labute approximate surface area is 94.5 Å². The van der Waals surface area contributed by atoms with Crippen LogP contribution in [0.5, 0.6) is 0 Å². The van der Waals surface area contributed by atoms with Gasteiger partial charge in [-0.2, -0.15) is 0 Å². The summed E-state index contributed by atoms with van der Waals surface area (Å²) in [5.74, 6) is -0.00683. The summed E-state index contributed by atoms with van der Waals surface area (Å²) < 4.78 is 0.705. The van der Waals surface area contributed by atoms with Gasteiger partial charge in [-0.25, -0.2) is 4.98 Å². The Morgan fingerprint density at radius 1 is 1.40 bits per heavy atom. The van der Waals surface area contributed by atoms with Crippen molar-refractivity contribution in [3.63, 3.8) is 0 Å². The number of amidine groups is 1. The number of halogens is 1. The number of para-hydroxylation sites is 1. The van der Waals surface area contributed by atoms with E-state index in [4.69, 9.17) is 10.9 Å². The summed E-state index contributed by atoms with van der Waals surface area (Å²) >= 11 is 3.32. The highest BCUT2D eigenvalue weighted by Crippen LogP contribution is 2.21. The van der Waals surface area contributed by atoms with E-state index in [2.05, 4.69) is 26.1 Å². The number of benzene rings is 1. The molecular formula is C10H8BrN3O. The summed E-state index contributed by atoms with van der Waals surface area (Å²) in [5.41, 5.74) is 6.74. The van der Waals surface area contributed by atoms with E-state index >= 15 is 0 Å². The van der Waals surface area contributed by atoms with E-state index in [-0.39, 0.29) is 5.84 Å². The first-order chi connectivity index (χ1) is 7.22. The smallest absolute Gasteiger partial charge is 0.189 e. The van der Waals surface area contributed by atoms with E-state index in [1.165, 1.54) is 0 Å². The van der Waals surface area contributed by atoms with Crippen LogP contribution in [0.2, 0.25) is 0 Å². The molecule has 0 unspecified atom stereocenters. The van der Waals surface area contributed by atoms with Crippen molar-refractivity contribution in [1.29, 1.82) is 0 Å². The fourth-order valence-corrected chi connectivity index (χ4v) is 1.86. The molecule has 0 bridgehead atoms. The predicted molar refractivity (Wildman–Crippen MR) is 62.0 cm³/mol. The van der Waals surface area contributed by atoms with Gasteiger partial charge in [-0.15, -0.1) is 0 Å². The summed E-state index contributed by atoms with van der Waals surface area (Å²) in [6.45, 7) is 0. The second-order valence-corrected chi connectivity index (χ2v) is 3.85. The first-order valence-electron chi connectivity index (χ1n) is 4.25. The first-order valence-corrected chi connectivity index (χ1v) is 5.05. The molecule has 0 saturated heterocycles. The maximum absolute atomic E-state index is 8.59. The molecule has 0 saturated carbocycles. The largest absolute Gasteiger partial charge is 0.409 e. The Morgan fingerprint density at radius 3 is 2.87 bits per heavy atom. The minimum Gasteiger partial charge on any atom is -0.409 e. The zero-order valence-electron chi connectivity index (χ0n) is 7.68.